The first-order chi connectivity index (χ1) is 4.63. The molecular formula is C6H12INO2. The summed E-state index contributed by atoms with van der Waals surface area (Å²) in [6.07, 6.45) is 0.882. The van der Waals surface area contributed by atoms with Gasteiger partial charge in [0.2, 0.25) is 0 Å². The van der Waals surface area contributed by atoms with Crippen LogP contribution >= 0.6 is 22.9 Å². The molecule has 60 valence electrons. The number of nitrogens with one attached hydrogen (secondary N) is 1. The van der Waals surface area contributed by atoms with E-state index in [-0.39, 0.29) is 5.92 Å². The molecule has 4 heteroatoms. The number of hydrogen-bond acceptors (Lipinski definition) is 2. The number of aliphatic carboxylic acids is 1. The SMILES string of the molecule is CC[C@H](C)[C@H](NI)C(=O)O. The molecule has 0 aliphatic carbocycles. The molecule has 0 unspecified atom stereocenters. The molecule has 0 radical (unpaired) electrons. The Morgan fingerprint density at radius 2 is 2.30 bits per heavy atom. The van der Waals surface area contributed by atoms with E-state index in [1.54, 1.807) is 0 Å². The topological polar surface area (TPSA) is 49.3 Å². The summed E-state index contributed by atoms with van der Waals surface area (Å²) in [5.74, 6) is -0.585. The second kappa shape index (κ2) is 4.90. The molecule has 0 aliphatic rings. The normalized spacial score (nSPS) is 16.3. The fraction of sp³-hybridized carbons (Fsp3) is 0.833. The Morgan fingerprint density at radius 1 is 1.80 bits per heavy atom. The standard InChI is InChI=1S/C6H12INO2/c1-3-4(2)5(8-7)6(9)10/h4-5,8H,3H2,1-2H3,(H,9,10)/t4-,5-/m0/s1. The van der Waals surface area contributed by atoms with Gasteiger partial charge in [-0.15, -0.1) is 0 Å². The number of halogens is 1. The van der Waals surface area contributed by atoms with Crippen molar-refractivity contribution in [2.75, 3.05) is 0 Å². The molecule has 2 atom stereocenters. The predicted molar refractivity (Wildman–Crippen MR) is 48.0 cm³/mol. The number of rotatable bonds is 4. The Morgan fingerprint density at radius 3 is 2.40 bits per heavy atom. The van der Waals surface area contributed by atoms with Gasteiger partial charge in [0.15, 0.2) is 0 Å². The largest absolute Gasteiger partial charge is 0.480 e. The second-order valence-electron chi connectivity index (χ2n) is 2.31. The minimum absolute atomic E-state index is 0.189. The predicted octanol–water partition coefficient (Wildman–Crippen LogP) is 1.43. The molecule has 0 rings (SSSR count). The van der Waals surface area contributed by atoms with E-state index in [1.807, 2.05) is 36.7 Å². The molecule has 0 heterocycles. The minimum Gasteiger partial charge on any atom is -0.480 e. The summed E-state index contributed by atoms with van der Waals surface area (Å²) in [6.45, 7) is 3.90. The van der Waals surface area contributed by atoms with E-state index >= 15 is 0 Å². The Balaban J connectivity index is 3.92. The quantitative estimate of drug-likeness (QED) is 0.591. The van der Waals surface area contributed by atoms with Crippen LogP contribution in [-0.4, -0.2) is 17.1 Å². The van der Waals surface area contributed by atoms with E-state index in [0.29, 0.717) is 0 Å². The van der Waals surface area contributed by atoms with Gasteiger partial charge in [-0.2, -0.15) is 0 Å². The van der Waals surface area contributed by atoms with Crippen LogP contribution in [0.25, 0.3) is 0 Å². The lowest BCUT2D eigenvalue weighted by atomic mass is 10.0. The highest BCUT2D eigenvalue weighted by atomic mass is 127. The van der Waals surface area contributed by atoms with E-state index in [9.17, 15) is 4.79 Å². The average Bonchev–Trinajstić information content (AvgIpc) is 1.88. The van der Waals surface area contributed by atoms with Crippen molar-refractivity contribution in [3.05, 3.63) is 0 Å². The van der Waals surface area contributed by atoms with Gasteiger partial charge < -0.3 is 5.11 Å². The summed E-state index contributed by atoms with van der Waals surface area (Å²) < 4.78 is 2.72. The van der Waals surface area contributed by atoms with Crippen LogP contribution in [0.3, 0.4) is 0 Å². The van der Waals surface area contributed by atoms with Gasteiger partial charge in [0, 0.05) is 22.9 Å². The number of carboxylic acids is 1. The van der Waals surface area contributed by atoms with Gasteiger partial charge in [-0.05, 0) is 5.92 Å². The summed E-state index contributed by atoms with van der Waals surface area (Å²) in [4.78, 5) is 10.5. The lowest BCUT2D eigenvalue weighted by molar-refractivity contribution is -0.140. The van der Waals surface area contributed by atoms with Crippen LogP contribution in [0, 0.1) is 5.92 Å². The number of hydrogen-bond donors (Lipinski definition) is 2. The third kappa shape index (κ3) is 2.83. The highest BCUT2D eigenvalue weighted by Crippen LogP contribution is 2.08. The summed E-state index contributed by atoms with van der Waals surface area (Å²) in [6, 6.07) is -0.411. The minimum atomic E-state index is -0.774. The van der Waals surface area contributed by atoms with Crippen LogP contribution in [0.1, 0.15) is 20.3 Å². The monoisotopic (exact) mass is 257 g/mol. The van der Waals surface area contributed by atoms with Gasteiger partial charge in [-0.25, -0.2) is 3.53 Å². The Hall–Kier alpha value is 0.160. The van der Waals surface area contributed by atoms with Crippen molar-refractivity contribution < 1.29 is 9.90 Å². The molecular weight excluding hydrogens is 245 g/mol. The Kier molecular flexibility index (Phi) is 4.98. The molecule has 3 nitrogen and oxygen atoms in total. The molecule has 0 aromatic heterocycles. The van der Waals surface area contributed by atoms with Crippen LogP contribution < -0.4 is 3.53 Å². The molecule has 0 amide bonds. The summed E-state index contributed by atoms with van der Waals surface area (Å²) in [5, 5.41) is 8.61. The maximum atomic E-state index is 10.5. The fourth-order valence-corrected chi connectivity index (χ4v) is 1.51. The lowest BCUT2D eigenvalue weighted by Gasteiger charge is -2.15. The molecule has 0 fully saturated rings. The summed E-state index contributed by atoms with van der Waals surface area (Å²) in [7, 11) is 0. The third-order valence-corrected chi connectivity index (χ3v) is 2.27. The van der Waals surface area contributed by atoms with Crippen molar-refractivity contribution in [2.24, 2.45) is 5.92 Å². The van der Waals surface area contributed by atoms with E-state index in [1.165, 1.54) is 0 Å². The maximum Gasteiger partial charge on any atom is 0.321 e. The average molecular weight is 257 g/mol. The molecule has 0 saturated heterocycles. The lowest BCUT2D eigenvalue weighted by Crippen LogP contribution is -2.36. The van der Waals surface area contributed by atoms with Crippen molar-refractivity contribution in [3.8, 4) is 0 Å². The first kappa shape index (κ1) is 10.2. The molecule has 0 bridgehead atoms. The molecule has 0 saturated carbocycles. The van der Waals surface area contributed by atoms with Crippen LogP contribution in [-0.2, 0) is 4.79 Å². The van der Waals surface area contributed by atoms with E-state index in [2.05, 4.69) is 3.53 Å². The zero-order valence-electron chi connectivity index (χ0n) is 6.10. The molecule has 0 spiro atoms. The second-order valence-corrected chi connectivity index (χ2v) is 2.93. The number of carboxylic acid groups (broad SMARTS) is 1. The van der Waals surface area contributed by atoms with Gasteiger partial charge >= 0.3 is 5.97 Å². The zero-order valence-corrected chi connectivity index (χ0v) is 8.25. The van der Waals surface area contributed by atoms with Crippen LogP contribution in [0.2, 0.25) is 0 Å². The Bertz CT molecular complexity index is 118. The van der Waals surface area contributed by atoms with E-state index in [4.69, 9.17) is 5.11 Å². The molecule has 0 aromatic carbocycles. The summed E-state index contributed by atoms with van der Waals surface area (Å²) in [5.41, 5.74) is 0. The van der Waals surface area contributed by atoms with Crippen LogP contribution in [0.4, 0.5) is 0 Å². The van der Waals surface area contributed by atoms with Crippen molar-refractivity contribution in [1.82, 2.24) is 3.53 Å². The molecule has 2 N–H and O–H groups in total. The van der Waals surface area contributed by atoms with Gasteiger partial charge in [-0.3, -0.25) is 4.79 Å². The third-order valence-electron chi connectivity index (χ3n) is 1.60. The highest BCUT2D eigenvalue weighted by molar-refractivity contribution is 14.1. The van der Waals surface area contributed by atoms with Gasteiger partial charge in [0.1, 0.15) is 6.04 Å². The molecule has 0 aliphatic heterocycles. The van der Waals surface area contributed by atoms with Crippen LogP contribution in [0.15, 0.2) is 0 Å². The van der Waals surface area contributed by atoms with Crippen LogP contribution in [0.5, 0.6) is 0 Å². The van der Waals surface area contributed by atoms with Gasteiger partial charge in [0.25, 0.3) is 0 Å². The maximum absolute atomic E-state index is 10.5. The number of carbonyl (C=O) groups is 1. The molecule has 10 heavy (non-hydrogen) atoms. The fourth-order valence-electron chi connectivity index (χ4n) is 0.633. The van der Waals surface area contributed by atoms with Gasteiger partial charge in [0.05, 0.1) is 0 Å². The highest BCUT2D eigenvalue weighted by Gasteiger charge is 2.21. The zero-order chi connectivity index (χ0) is 8.15. The smallest absolute Gasteiger partial charge is 0.321 e. The van der Waals surface area contributed by atoms with Crippen molar-refractivity contribution in [3.63, 3.8) is 0 Å². The van der Waals surface area contributed by atoms with Crippen molar-refractivity contribution in [1.29, 1.82) is 0 Å². The first-order valence-corrected chi connectivity index (χ1v) is 4.30. The van der Waals surface area contributed by atoms with Crippen molar-refractivity contribution >= 4 is 28.8 Å². The van der Waals surface area contributed by atoms with E-state index < -0.39 is 12.0 Å². The first-order valence-electron chi connectivity index (χ1n) is 3.22. The van der Waals surface area contributed by atoms with E-state index in [0.717, 1.165) is 6.42 Å². The van der Waals surface area contributed by atoms with Crippen molar-refractivity contribution in [2.45, 2.75) is 26.3 Å². The Labute approximate surface area is 74.7 Å². The summed E-state index contributed by atoms with van der Waals surface area (Å²) >= 11 is 1.87. The molecule has 0 aromatic rings. The van der Waals surface area contributed by atoms with Gasteiger partial charge in [-0.1, -0.05) is 20.3 Å².